The Morgan fingerprint density at radius 2 is 1.47 bits per heavy atom. The summed E-state index contributed by atoms with van der Waals surface area (Å²) in [6.07, 6.45) is 2.33. The van der Waals surface area contributed by atoms with E-state index in [1.165, 1.54) is 0 Å². The Hall–Kier alpha value is -5.86. The number of amides is 1. The average Bonchev–Trinajstić information content (AvgIpc) is 3.66. The second-order valence-electron chi connectivity index (χ2n) is 18.6. The molecule has 1 heterocycles. The third-order valence-electron chi connectivity index (χ3n) is 12.4. The Morgan fingerprint density at radius 3 is 2.02 bits per heavy atom. The molecule has 1 aromatic heterocycles. The average molecular weight is 878 g/mol. The van der Waals surface area contributed by atoms with Crippen LogP contribution in [0.5, 0.6) is 11.6 Å². The fourth-order valence-corrected chi connectivity index (χ4v) is 9.48. The number of aromatic nitrogens is 1. The van der Waals surface area contributed by atoms with Gasteiger partial charge in [0.25, 0.3) is 5.88 Å². The van der Waals surface area contributed by atoms with Gasteiger partial charge in [0, 0.05) is 56.3 Å². The molecule has 3 aromatic carbocycles. The minimum absolute atomic E-state index is 0.106. The summed E-state index contributed by atoms with van der Waals surface area (Å²) < 4.78 is 24.4. The lowest BCUT2D eigenvalue weighted by Crippen LogP contribution is -2.71. The van der Waals surface area contributed by atoms with Crippen LogP contribution in [0.4, 0.5) is 16.2 Å². The standard InChI is InChI=1S/C50H63N5O9/c1-10-12-24-61-43-35(55(28-30-20-16-14-17-21-30)29-31-22-18-15-19-23-31)27-34(53(6)7)32-26-33-37(42(56)36(32)43)45(57)50(60)39(40(33)51-48(59)63-49(3,4)5)41(54(8)9)44-38(46(50)58)47(52-64-44)62-25-13-11-2/h14-23,27,33,39-41,56,60H,10-13,24-26,28-29H2,1-9H3,(H,51,59)/t33-,39+,40+,41+,50+/m1/s1. The lowest BCUT2D eigenvalue weighted by molar-refractivity contribution is -0.145. The lowest BCUT2D eigenvalue weighted by Gasteiger charge is -2.53. The van der Waals surface area contributed by atoms with Crippen LogP contribution in [0.1, 0.15) is 105 Å². The summed E-state index contributed by atoms with van der Waals surface area (Å²) in [6, 6.07) is 20.1. The number of ketones is 2. The SMILES string of the molecule is CCCCOc1noc2c1C(=O)[C@@]1(O)C(=O)C3=C(O)c4c(c(N(C)C)cc(N(Cc5ccccc5)Cc5ccccc5)c4OCCCC)C[C@H]3[C@H](NC(=O)OC(C)(C)C)[C@H]1[C@@H]2N(C)C. The summed E-state index contributed by atoms with van der Waals surface area (Å²) in [5, 5.41) is 33.3. The molecule has 14 heteroatoms. The number of fused-ring (bicyclic) bond motifs is 4. The molecule has 3 N–H and O–H groups in total. The number of rotatable bonds is 16. The van der Waals surface area contributed by atoms with Gasteiger partial charge in [-0.25, -0.2) is 4.79 Å². The van der Waals surface area contributed by atoms with Gasteiger partial charge in [-0.2, -0.15) is 0 Å². The third kappa shape index (κ3) is 8.69. The summed E-state index contributed by atoms with van der Waals surface area (Å²) in [5.74, 6) is -4.31. The van der Waals surface area contributed by atoms with Gasteiger partial charge in [-0.15, -0.1) is 0 Å². The number of carbonyl (C=O) groups excluding carboxylic acids is 3. The Balaban J connectivity index is 1.49. The molecular formula is C50H63N5O9. The topological polar surface area (TPSA) is 167 Å². The molecule has 64 heavy (non-hydrogen) atoms. The van der Waals surface area contributed by atoms with E-state index in [2.05, 4.69) is 52.6 Å². The van der Waals surface area contributed by atoms with Gasteiger partial charge in [-0.05, 0) is 82.0 Å². The first-order chi connectivity index (χ1) is 30.5. The monoisotopic (exact) mass is 877 g/mol. The van der Waals surface area contributed by atoms with Gasteiger partial charge in [-0.1, -0.05) is 87.4 Å². The van der Waals surface area contributed by atoms with E-state index < -0.39 is 58.5 Å². The van der Waals surface area contributed by atoms with E-state index in [9.17, 15) is 15.0 Å². The van der Waals surface area contributed by atoms with Gasteiger partial charge in [0.15, 0.2) is 17.1 Å². The van der Waals surface area contributed by atoms with E-state index in [0.29, 0.717) is 55.1 Å². The third-order valence-corrected chi connectivity index (χ3v) is 12.4. The van der Waals surface area contributed by atoms with Crippen molar-refractivity contribution in [1.29, 1.82) is 0 Å². The fourth-order valence-electron chi connectivity index (χ4n) is 9.48. The van der Waals surface area contributed by atoms with Crippen molar-refractivity contribution in [1.82, 2.24) is 15.4 Å². The molecule has 0 spiro atoms. The second-order valence-corrected chi connectivity index (χ2v) is 18.6. The van der Waals surface area contributed by atoms with E-state index in [0.717, 1.165) is 29.7 Å². The van der Waals surface area contributed by atoms with Crippen LogP contribution in [0.2, 0.25) is 0 Å². The number of aliphatic hydroxyl groups excluding tert-OH is 1. The molecular weight excluding hydrogens is 815 g/mol. The maximum atomic E-state index is 15.6. The van der Waals surface area contributed by atoms with Crippen molar-refractivity contribution in [2.45, 2.75) is 103 Å². The molecule has 1 saturated carbocycles. The molecule has 342 valence electrons. The zero-order valence-corrected chi connectivity index (χ0v) is 38.6. The van der Waals surface area contributed by atoms with Gasteiger partial charge in [0.05, 0.1) is 30.5 Å². The van der Waals surface area contributed by atoms with Crippen LogP contribution in [0.3, 0.4) is 0 Å². The minimum atomic E-state index is -2.81. The number of carbonyl (C=O) groups is 3. The number of hydrogen-bond donors (Lipinski definition) is 3. The second kappa shape index (κ2) is 18.7. The molecule has 7 rings (SSSR count). The Morgan fingerprint density at radius 1 is 0.875 bits per heavy atom. The van der Waals surface area contributed by atoms with E-state index in [4.69, 9.17) is 18.7 Å². The predicted molar refractivity (Wildman–Crippen MR) is 245 cm³/mol. The van der Waals surface area contributed by atoms with Crippen molar-refractivity contribution in [3.05, 3.63) is 106 Å². The van der Waals surface area contributed by atoms with E-state index in [1.807, 2.05) is 62.3 Å². The summed E-state index contributed by atoms with van der Waals surface area (Å²) in [5.41, 5.74) is 0.444. The Bertz CT molecular complexity index is 2330. The van der Waals surface area contributed by atoms with Crippen molar-refractivity contribution >= 4 is 34.8 Å². The molecule has 3 aliphatic rings. The molecule has 3 aliphatic carbocycles. The number of nitrogens with zero attached hydrogens (tertiary/aromatic N) is 4. The zero-order chi connectivity index (χ0) is 46.1. The van der Waals surface area contributed by atoms with Crippen molar-refractivity contribution in [2.75, 3.05) is 51.2 Å². The van der Waals surface area contributed by atoms with Crippen molar-refractivity contribution in [3.63, 3.8) is 0 Å². The van der Waals surface area contributed by atoms with E-state index in [1.54, 1.807) is 39.8 Å². The number of Topliss-reactive ketones (excluding diaryl/α,β-unsaturated/α-hetero) is 2. The Labute approximate surface area is 376 Å². The first-order valence-electron chi connectivity index (χ1n) is 22.4. The van der Waals surface area contributed by atoms with Crippen LogP contribution in [0.25, 0.3) is 5.76 Å². The zero-order valence-electron chi connectivity index (χ0n) is 38.6. The molecule has 14 nitrogen and oxygen atoms in total. The summed E-state index contributed by atoms with van der Waals surface area (Å²) in [7, 11) is 7.31. The van der Waals surface area contributed by atoms with Crippen molar-refractivity contribution in [3.8, 4) is 11.6 Å². The number of alkyl carbamates (subject to hydrolysis) is 1. The number of nitrogens with one attached hydrogen (secondary N) is 1. The molecule has 0 radical (unpaired) electrons. The summed E-state index contributed by atoms with van der Waals surface area (Å²) >= 11 is 0. The van der Waals surface area contributed by atoms with E-state index >= 15 is 9.59 Å². The smallest absolute Gasteiger partial charge is 0.407 e. The van der Waals surface area contributed by atoms with Gasteiger partial charge >= 0.3 is 6.09 Å². The number of unbranched alkanes of at least 4 members (excludes halogenated alkanes) is 2. The Kier molecular flexibility index (Phi) is 13.5. The summed E-state index contributed by atoms with van der Waals surface area (Å²) in [4.78, 5) is 50.5. The number of ether oxygens (including phenoxy) is 3. The highest BCUT2D eigenvalue weighted by atomic mass is 16.6. The maximum absolute atomic E-state index is 15.6. The highest BCUT2D eigenvalue weighted by molar-refractivity contribution is 6.27. The van der Waals surface area contributed by atoms with Crippen LogP contribution in [0, 0.1) is 11.8 Å². The molecule has 0 saturated heterocycles. The molecule has 0 aliphatic heterocycles. The van der Waals surface area contributed by atoms with Crippen molar-refractivity contribution in [2.24, 2.45) is 11.8 Å². The van der Waals surface area contributed by atoms with Crippen LogP contribution >= 0.6 is 0 Å². The van der Waals surface area contributed by atoms with Gasteiger partial charge in [0.1, 0.15) is 16.9 Å². The molecule has 1 amide bonds. The highest BCUT2D eigenvalue weighted by Gasteiger charge is 2.69. The largest absolute Gasteiger partial charge is 0.507 e. The number of anilines is 2. The van der Waals surface area contributed by atoms with Gasteiger partial charge in [0.2, 0.25) is 11.6 Å². The van der Waals surface area contributed by atoms with Gasteiger partial charge < -0.3 is 44.1 Å². The first-order valence-corrected chi connectivity index (χ1v) is 22.4. The van der Waals surface area contributed by atoms with Crippen LogP contribution in [0.15, 0.2) is 76.8 Å². The molecule has 5 atom stereocenters. The number of aliphatic hydroxyl groups is 2. The maximum Gasteiger partial charge on any atom is 0.407 e. The highest BCUT2D eigenvalue weighted by Crippen LogP contribution is 2.58. The number of benzene rings is 3. The minimum Gasteiger partial charge on any atom is -0.507 e. The molecule has 1 fully saturated rings. The molecule has 0 bridgehead atoms. The van der Waals surface area contributed by atoms with E-state index in [-0.39, 0.29) is 35.8 Å². The first kappa shape index (κ1) is 46.1. The summed E-state index contributed by atoms with van der Waals surface area (Å²) in [6.45, 7) is 10.8. The normalized spacial score (nSPS) is 21.4. The quantitative estimate of drug-likeness (QED) is 0.0731. The fraction of sp³-hybridized carbons (Fsp3) is 0.480. The lowest BCUT2D eigenvalue weighted by atomic mass is 9.54. The van der Waals surface area contributed by atoms with Crippen LogP contribution in [-0.2, 0) is 29.0 Å². The molecule has 4 aromatic rings. The van der Waals surface area contributed by atoms with Crippen LogP contribution < -0.4 is 24.6 Å². The number of hydrogen-bond acceptors (Lipinski definition) is 13. The predicted octanol–water partition coefficient (Wildman–Crippen LogP) is 8.07. The van der Waals surface area contributed by atoms with Crippen molar-refractivity contribution < 1.29 is 43.3 Å². The molecule has 0 unspecified atom stereocenters. The van der Waals surface area contributed by atoms with Crippen LogP contribution in [-0.4, -0.2) is 96.6 Å². The van der Waals surface area contributed by atoms with Gasteiger partial charge in [-0.3, -0.25) is 14.5 Å².